The summed E-state index contributed by atoms with van der Waals surface area (Å²) in [6, 6.07) is -0.0461. The molecule has 21 heavy (non-hydrogen) atoms. The van der Waals surface area contributed by atoms with E-state index in [1.165, 1.54) is 14.0 Å². The fourth-order valence-corrected chi connectivity index (χ4v) is 3.91. The minimum atomic E-state index is -4.10. The Morgan fingerprint density at radius 1 is 1.48 bits per heavy atom. The normalized spacial score (nSPS) is 19.6. The highest BCUT2D eigenvalue weighted by Crippen LogP contribution is 2.29. The number of sulfonamides is 1. The SMILES string of the molecule is COC(=O)c1cc(S(=O)(=O)N2CCC[C@@H]2C(=O)O)oc1C. The van der Waals surface area contributed by atoms with E-state index in [0.29, 0.717) is 6.42 Å². The van der Waals surface area contributed by atoms with Gasteiger partial charge in [-0.25, -0.2) is 13.2 Å². The van der Waals surface area contributed by atoms with Gasteiger partial charge in [-0.1, -0.05) is 0 Å². The van der Waals surface area contributed by atoms with Gasteiger partial charge in [-0.2, -0.15) is 4.31 Å². The van der Waals surface area contributed by atoms with Gasteiger partial charge in [0.25, 0.3) is 10.0 Å². The van der Waals surface area contributed by atoms with Gasteiger partial charge in [0.2, 0.25) is 5.09 Å². The number of methoxy groups -OCH3 is 1. The minimum absolute atomic E-state index is 0.00199. The van der Waals surface area contributed by atoms with Gasteiger partial charge in [-0.3, -0.25) is 4.79 Å². The van der Waals surface area contributed by atoms with Crippen LogP contribution in [0.1, 0.15) is 29.0 Å². The third-order valence-electron chi connectivity index (χ3n) is 3.35. The van der Waals surface area contributed by atoms with Crippen molar-refractivity contribution >= 4 is 22.0 Å². The van der Waals surface area contributed by atoms with Crippen LogP contribution in [0.15, 0.2) is 15.6 Å². The van der Waals surface area contributed by atoms with Crippen molar-refractivity contribution in [2.45, 2.75) is 30.9 Å². The Bertz CT molecular complexity index is 676. The Morgan fingerprint density at radius 3 is 2.71 bits per heavy atom. The molecule has 1 saturated heterocycles. The Morgan fingerprint density at radius 2 is 2.14 bits per heavy atom. The van der Waals surface area contributed by atoms with Crippen molar-refractivity contribution in [2.24, 2.45) is 0 Å². The monoisotopic (exact) mass is 317 g/mol. The first kappa shape index (κ1) is 15.5. The van der Waals surface area contributed by atoms with Crippen LogP contribution in [0.2, 0.25) is 0 Å². The molecular weight excluding hydrogens is 302 g/mol. The average molecular weight is 317 g/mol. The number of carboxylic acids is 1. The molecule has 116 valence electrons. The Balaban J connectivity index is 2.41. The van der Waals surface area contributed by atoms with Crippen molar-refractivity contribution in [3.05, 3.63) is 17.4 Å². The van der Waals surface area contributed by atoms with Crippen molar-refractivity contribution in [3.8, 4) is 0 Å². The van der Waals surface area contributed by atoms with Gasteiger partial charge in [0, 0.05) is 12.6 Å². The molecular formula is C12H15NO7S. The molecule has 0 radical (unpaired) electrons. The number of aliphatic carboxylic acids is 1. The maximum atomic E-state index is 12.4. The number of carboxylic acid groups (broad SMARTS) is 1. The molecule has 0 unspecified atom stereocenters. The quantitative estimate of drug-likeness (QED) is 0.809. The maximum absolute atomic E-state index is 12.4. The first-order chi connectivity index (χ1) is 9.78. The molecule has 1 aromatic heterocycles. The van der Waals surface area contributed by atoms with Crippen molar-refractivity contribution in [3.63, 3.8) is 0 Å². The van der Waals surface area contributed by atoms with E-state index < -0.39 is 33.1 Å². The number of aryl methyl sites for hydroxylation is 1. The molecule has 1 aliphatic rings. The smallest absolute Gasteiger partial charge is 0.341 e. The van der Waals surface area contributed by atoms with Crippen molar-refractivity contribution in [1.82, 2.24) is 4.31 Å². The summed E-state index contributed by atoms with van der Waals surface area (Å²) in [7, 11) is -2.93. The molecule has 1 aliphatic heterocycles. The number of furan rings is 1. The van der Waals surface area contributed by atoms with E-state index in [0.717, 1.165) is 10.4 Å². The third kappa shape index (κ3) is 2.66. The molecule has 0 spiro atoms. The lowest BCUT2D eigenvalue weighted by Crippen LogP contribution is -2.40. The predicted octanol–water partition coefficient (Wildman–Crippen LogP) is 0.612. The van der Waals surface area contributed by atoms with Gasteiger partial charge in [-0.15, -0.1) is 0 Å². The largest absolute Gasteiger partial charge is 0.480 e. The highest BCUT2D eigenvalue weighted by Gasteiger charge is 2.41. The topological polar surface area (TPSA) is 114 Å². The van der Waals surface area contributed by atoms with Crippen LogP contribution in [0.4, 0.5) is 0 Å². The predicted molar refractivity (Wildman–Crippen MR) is 69.3 cm³/mol. The summed E-state index contributed by atoms with van der Waals surface area (Å²) in [4.78, 5) is 22.6. The zero-order chi connectivity index (χ0) is 15.8. The average Bonchev–Trinajstić information content (AvgIpc) is 3.04. The molecule has 1 aromatic rings. The van der Waals surface area contributed by atoms with Crippen LogP contribution in [0.25, 0.3) is 0 Å². The summed E-state index contributed by atoms with van der Waals surface area (Å²) in [6.45, 7) is 1.54. The zero-order valence-corrected chi connectivity index (χ0v) is 12.3. The molecule has 0 aromatic carbocycles. The summed E-state index contributed by atoms with van der Waals surface area (Å²) >= 11 is 0. The van der Waals surface area contributed by atoms with E-state index in [1.54, 1.807) is 0 Å². The fourth-order valence-electron chi connectivity index (χ4n) is 2.28. The molecule has 0 bridgehead atoms. The van der Waals surface area contributed by atoms with Crippen molar-refractivity contribution in [2.75, 3.05) is 13.7 Å². The lowest BCUT2D eigenvalue weighted by atomic mass is 10.2. The van der Waals surface area contributed by atoms with Gasteiger partial charge in [0.15, 0.2) is 0 Å². The van der Waals surface area contributed by atoms with Crippen LogP contribution in [-0.4, -0.2) is 49.5 Å². The molecule has 0 aliphatic carbocycles. The Kier molecular flexibility index (Phi) is 4.06. The summed E-state index contributed by atoms with van der Waals surface area (Å²) in [5.41, 5.74) is 0.00199. The van der Waals surface area contributed by atoms with Crippen molar-refractivity contribution < 1.29 is 32.3 Å². The number of hydrogen-bond acceptors (Lipinski definition) is 6. The van der Waals surface area contributed by atoms with E-state index in [1.807, 2.05) is 0 Å². The standard InChI is InChI=1S/C12H15NO7S/c1-7-8(12(16)19-2)6-10(20-7)21(17,18)13-5-3-4-9(13)11(14)15/h6,9H,3-5H2,1-2H3,(H,14,15)/t9-/m1/s1. The molecule has 2 heterocycles. The van der Waals surface area contributed by atoms with E-state index in [-0.39, 0.29) is 24.3 Å². The zero-order valence-electron chi connectivity index (χ0n) is 11.5. The summed E-state index contributed by atoms with van der Waals surface area (Å²) < 4.78 is 35.4. The summed E-state index contributed by atoms with van der Waals surface area (Å²) in [6.07, 6.45) is 0.706. The van der Waals surface area contributed by atoms with Crippen LogP contribution < -0.4 is 0 Å². The molecule has 1 atom stereocenters. The number of nitrogens with zero attached hydrogens (tertiary/aromatic N) is 1. The number of hydrogen-bond donors (Lipinski definition) is 1. The molecule has 1 fully saturated rings. The Hall–Kier alpha value is -1.87. The van der Waals surface area contributed by atoms with Gasteiger partial charge in [0.05, 0.1) is 7.11 Å². The van der Waals surface area contributed by atoms with Crippen molar-refractivity contribution in [1.29, 1.82) is 0 Å². The van der Waals surface area contributed by atoms with E-state index >= 15 is 0 Å². The highest BCUT2D eigenvalue weighted by atomic mass is 32.2. The number of ether oxygens (including phenoxy) is 1. The third-order valence-corrected chi connectivity index (χ3v) is 5.12. The molecule has 1 N–H and O–H groups in total. The van der Waals surface area contributed by atoms with Crippen LogP contribution in [0.3, 0.4) is 0 Å². The van der Waals surface area contributed by atoms with Gasteiger partial charge in [-0.05, 0) is 19.8 Å². The van der Waals surface area contributed by atoms with E-state index in [4.69, 9.17) is 9.52 Å². The lowest BCUT2D eigenvalue weighted by Gasteiger charge is -2.19. The highest BCUT2D eigenvalue weighted by molar-refractivity contribution is 7.89. The number of esters is 1. The van der Waals surface area contributed by atoms with Crippen LogP contribution >= 0.6 is 0 Å². The van der Waals surface area contributed by atoms with Gasteiger partial charge < -0.3 is 14.3 Å². The van der Waals surface area contributed by atoms with E-state index in [9.17, 15) is 18.0 Å². The molecule has 2 rings (SSSR count). The number of carbonyl (C=O) groups is 2. The number of carbonyl (C=O) groups excluding carboxylic acids is 1. The van der Waals surface area contributed by atoms with E-state index in [2.05, 4.69) is 4.74 Å². The van der Waals surface area contributed by atoms with Gasteiger partial charge in [0.1, 0.15) is 17.4 Å². The second-order valence-corrected chi connectivity index (χ2v) is 6.46. The summed E-state index contributed by atoms with van der Waals surface area (Å²) in [5.74, 6) is -1.81. The maximum Gasteiger partial charge on any atom is 0.341 e. The second kappa shape index (κ2) is 5.49. The minimum Gasteiger partial charge on any atom is -0.480 e. The second-order valence-electron chi connectivity index (χ2n) is 4.64. The number of rotatable bonds is 4. The lowest BCUT2D eigenvalue weighted by molar-refractivity contribution is -0.140. The van der Waals surface area contributed by atoms with Crippen LogP contribution in [0, 0.1) is 6.92 Å². The fraction of sp³-hybridized carbons (Fsp3) is 0.500. The molecule has 0 saturated carbocycles. The first-order valence-corrected chi connectivity index (χ1v) is 7.66. The molecule has 8 nitrogen and oxygen atoms in total. The van der Waals surface area contributed by atoms with Crippen LogP contribution in [0.5, 0.6) is 0 Å². The Labute approximate surface area is 121 Å². The first-order valence-electron chi connectivity index (χ1n) is 6.22. The summed E-state index contributed by atoms with van der Waals surface area (Å²) in [5, 5.41) is 8.62. The van der Waals surface area contributed by atoms with Crippen LogP contribution in [-0.2, 0) is 19.6 Å². The van der Waals surface area contributed by atoms with Gasteiger partial charge >= 0.3 is 11.9 Å². The molecule has 9 heteroatoms. The molecule has 0 amide bonds.